The summed E-state index contributed by atoms with van der Waals surface area (Å²) in [5.41, 5.74) is 3.49. The molecule has 4 aromatic rings. The highest BCUT2D eigenvalue weighted by Crippen LogP contribution is 2.33. The summed E-state index contributed by atoms with van der Waals surface area (Å²) in [5, 5.41) is 3.66. The number of nitrogens with zero attached hydrogens (tertiary/aromatic N) is 2. The van der Waals surface area contributed by atoms with Crippen molar-refractivity contribution in [1.29, 1.82) is 0 Å². The number of carbonyl (C=O) groups is 2. The standard InChI is InChI=1S/C28H27N3O4/c1-19-7-3-4-8-22(19)27(32)29-25-23-9-5-6-10-24(23)35-26(25)28(33)31-17-15-30(16-18-31)20-11-13-21(34-2)14-12-20/h3-14H,15-18H2,1-2H3,(H,29,32). The van der Waals surface area contributed by atoms with Crippen LogP contribution >= 0.6 is 0 Å². The number of carbonyl (C=O) groups excluding carboxylic acids is 2. The van der Waals surface area contributed by atoms with Crippen molar-refractivity contribution < 1.29 is 18.7 Å². The van der Waals surface area contributed by atoms with Gasteiger partial charge in [-0.1, -0.05) is 30.3 Å². The highest BCUT2D eigenvalue weighted by molar-refractivity contribution is 6.14. The van der Waals surface area contributed by atoms with E-state index in [4.69, 9.17) is 9.15 Å². The number of piperazine rings is 1. The van der Waals surface area contributed by atoms with Gasteiger partial charge >= 0.3 is 0 Å². The summed E-state index contributed by atoms with van der Waals surface area (Å²) in [4.78, 5) is 30.6. The highest BCUT2D eigenvalue weighted by atomic mass is 16.5. The van der Waals surface area contributed by atoms with Crippen LogP contribution < -0.4 is 15.0 Å². The lowest BCUT2D eigenvalue weighted by atomic mass is 10.1. The Kier molecular flexibility index (Phi) is 6.14. The van der Waals surface area contributed by atoms with Crippen LogP contribution in [0.25, 0.3) is 11.0 Å². The maximum Gasteiger partial charge on any atom is 0.291 e. The summed E-state index contributed by atoms with van der Waals surface area (Å²) < 4.78 is 11.2. The Morgan fingerprint density at radius 2 is 1.57 bits per heavy atom. The van der Waals surface area contributed by atoms with Crippen molar-refractivity contribution in [3.05, 3.63) is 89.7 Å². The molecule has 7 heteroatoms. The zero-order chi connectivity index (χ0) is 24.4. The van der Waals surface area contributed by atoms with E-state index in [2.05, 4.69) is 10.2 Å². The molecule has 3 aromatic carbocycles. The van der Waals surface area contributed by atoms with E-state index in [1.54, 1.807) is 24.1 Å². The number of aryl methyl sites for hydroxylation is 1. The van der Waals surface area contributed by atoms with Gasteiger partial charge in [-0.3, -0.25) is 9.59 Å². The van der Waals surface area contributed by atoms with Gasteiger partial charge in [0.15, 0.2) is 0 Å². The lowest BCUT2D eigenvalue weighted by molar-refractivity contribution is 0.0718. The predicted molar refractivity (Wildman–Crippen MR) is 136 cm³/mol. The Hall–Kier alpha value is -4.26. The van der Waals surface area contributed by atoms with Gasteiger partial charge in [-0.05, 0) is 55.0 Å². The summed E-state index contributed by atoms with van der Waals surface area (Å²) in [6.07, 6.45) is 0. The zero-order valence-electron chi connectivity index (χ0n) is 19.8. The molecule has 2 heterocycles. The first kappa shape index (κ1) is 22.5. The van der Waals surface area contributed by atoms with Crippen molar-refractivity contribution in [2.24, 2.45) is 0 Å². The van der Waals surface area contributed by atoms with Crippen LogP contribution in [0, 0.1) is 6.92 Å². The van der Waals surface area contributed by atoms with E-state index in [1.807, 2.05) is 67.6 Å². The molecule has 0 aliphatic carbocycles. The Morgan fingerprint density at radius 1 is 0.886 bits per heavy atom. The molecular formula is C28H27N3O4. The van der Waals surface area contributed by atoms with E-state index in [1.165, 1.54) is 0 Å². The Labute approximate surface area is 203 Å². The summed E-state index contributed by atoms with van der Waals surface area (Å²) in [7, 11) is 1.65. The fourth-order valence-corrected chi connectivity index (χ4v) is 4.43. The van der Waals surface area contributed by atoms with Gasteiger partial charge < -0.3 is 24.3 Å². The van der Waals surface area contributed by atoms with Gasteiger partial charge in [0.1, 0.15) is 17.0 Å². The minimum atomic E-state index is -0.270. The smallest absolute Gasteiger partial charge is 0.291 e. The lowest BCUT2D eigenvalue weighted by Crippen LogP contribution is -2.48. The van der Waals surface area contributed by atoms with Crippen molar-refractivity contribution in [3.8, 4) is 5.75 Å². The number of rotatable bonds is 5. The van der Waals surface area contributed by atoms with Gasteiger partial charge in [-0.15, -0.1) is 0 Å². The van der Waals surface area contributed by atoms with Gasteiger partial charge in [-0.25, -0.2) is 0 Å². The largest absolute Gasteiger partial charge is 0.497 e. The predicted octanol–water partition coefficient (Wildman–Crippen LogP) is 4.96. The zero-order valence-corrected chi connectivity index (χ0v) is 19.8. The van der Waals surface area contributed by atoms with Crippen molar-refractivity contribution in [1.82, 2.24) is 4.90 Å². The Bertz CT molecular complexity index is 1370. The third-order valence-electron chi connectivity index (χ3n) is 6.42. The number of hydrogen-bond acceptors (Lipinski definition) is 5. The second kappa shape index (κ2) is 9.54. The normalized spacial score (nSPS) is 13.7. The average Bonchev–Trinajstić information content (AvgIpc) is 3.27. The number of benzene rings is 3. The molecule has 178 valence electrons. The molecule has 1 aliphatic heterocycles. The number of fused-ring (bicyclic) bond motifs is 1. The van der Waals surface area contributed by atoms with Crippen LogP contribution in [0.3, 0.4) is 0 Å². The first-order valence-electron chi connectivity index (χ1n) is 11.6. The van der Waals surface area contributed by atoms with Crippen LogP contribution in [0.5, 0.6) is 5.75 Å². The van der Waals surface area contributed by atoms with Crippen LogP contribution in [0.15, 0.2) is 77.2 Å². The van der Waals surface area contributed by atoms with Crippen molar-refractivity contribution in [2.75, 3.05) is 43.5 Å². The highest BCUT2D eigenvalue weighted by Gasteiger charge is 2.29. The molecular weight excluding hydrogens is 442 g/mol. The molecule has 0 saturated carbocycles. The molecule has 0 bridgehead atoms. The quantitative estimate of drug-likeness (QED) is 0.447. The second-order valence-electron chi connectivity index (χ2n) is 8.55. The van der Waals surface area contributed by atoms with Gasteiger partial charge in [0.2, 0.25) is 5.76 Å². The van der Waals surface area contributed by atoms with E-state index in [-0.39, 0.29) is 17.6 Å². The molecule has 1 N–H and O–H groups in total. The molecule has 0 atom stereocenters. The fraction of sp³-hybridized carbons (Fsp3) is 0.214. The second-order valence-corrected chi connectivity index (χ2v) is 8.55. The molecule has 5 rings (SSSR count). The lowest BCUT2D eigenvalue weighted by Gasteiger charge is -2.35. The minimum absolute atomic E-state index is 0.158. The van der Waals surface area contributed by atoms with Crippen LogP contribution in [-0.4, -0.2) is 50.0 Å². The first-order valence-corrected chi connectivity index (χ1v) is 11.6. The summed E-state index contributed by atoms with van der Waals surface area (Å²) >= 11 is 0. The van der Waals surface area contributed by atoms with E-state index >= 15 is 0 Å². The van der Waals surface area contributed by atoms with Crippen LogP contribution in [0.1, 0.15) is 26.5 Å². The minimum Gasteiger partial charge on any atom is -0.497 e. The number of amides is 2. The Morgan fingerprint density at radius 3 is 2.29 bits per heavy atom. The Balaban J connectivity index is 1.37. The molecule has 7 nitrogen and oxygen atoms in total. The van der Waals surface area contributed by atoms with Crippen LogP contribution in [0.2, 0.25) is 0 Å². The molecule has 1 fully saturated rings. The topological polar surface area (TPSA) is 75.0 Å². The third kappa shape index (κ3) is 4.45. The van der Waals surface area contributed by atoms with Crippen molar-refractivity contribution in [3.63, 3.8) is 0 Å². The molecule has 1 aliphatic rings. The third-order valence-corrected chi connectivity index (χ3v) is 6.42. The fourth-order valence-electron chi connectivity index (χ4n) is 4.43. The number of para-hydroxylation sites is 1. The molecule has 1 saturated heterocycles. The summed E-state index contributed by atoms with van der Waals surface area (Å²) in [6, 6.07) is 22.7. The van der Waals surface area contributed by atoms with Crippen LogP contribution in [-0.2, 0) is 0 Å². The molecule has 0 unspecified atom stereocenters. The van der Waals surface area contributed by atoms with Gasteiger partial charge in [0, 0.05) is 42.8 Å². The molecule has 35 heavy (non-hydrogen) atoms. The first-order chi connectivity index (χ1) is 17.0. The number of anilines is 2. The number of methoxy groups -OCH3 is 1. The average molecular weight is 470 g/mol. The summed E-state index contributed by atoms with van der Waals surface area (Å²) in [6.45, 7) is 4.38. The number of furan rings is 1. The van der Waals surface area contributed by atoms with Crippen LogP contribution in [0.4, 0.5) is 11.4 Å². The monoisotopic (exact) mass is 469 g/mol. The van der Waals surface area contributed by atoms with E-state index in [0.29, 0.717) is 48.4 Å². The molecule has 0 radical (unpaired) electrons. The van der Waals surface area contributed by atoms with Gasteiger partial charge in [0.25, 0.3) is 11.8 Å². The molecule has 2 amide bonds. The number of ether oxygens (including phenoxy) is 1. The number of hydrogen-bond donors (Lipinski definition) is 1. The number of nitrogens with one attached hydrogen (secondary N) is 1. The van der Waals surface area contributed by atoms with Crippen molar-refractivity contribution in [2.45, 2.75) is 6.92 Å². The van der Waals surface area contributed by atoms with E-state index in [0.717, 1.165) is 17.0 Å². The molecule has 0 spiro atoms. The molecule has 1 aromatic heterocycles. The maximum atomic E-state index is 13.5. The SMILES string of the molecule is COc1ccc(N2CCN(C(=O)c3oc4ccccc4c3NC(=O)c3ccccc3C)CC2)cc1. The maximum absolute atomic E-state index is 13.5. The van der Waals surface area contributed by atoms with E-state index < -0.39 is 0 Å². The summed E-state index contributed by atoms with van der Waals surface area (Å²) in [5.74, 6) is 0.474. The van der Waals surface area contributed by atoms with Gasteiger partial charge in [-0.2, -0.15) is 0 Å². The van der Waals surface area contributed by atoms with Crippen molar-refractivity contribution >= 4 is 34.2 Å². The van der Waals surface area contributed by atoms with Gasteiger partial charge in [0.05, 0.1) is 7.11 Å². The van der Waals surface area contributed by atoms with E-state index in [9.17, 15) is 9.59 Å².